The molecular weight excluding hydrogens is 384 g/mol. The number of imide groups is 1. The smallest absolute Gasteiger partial charge is 0.387 e. The lowest BCUT2D eigenvalue weighted by Gasteiger charge is -2.27. The predicted molar refractivity (Wildman–Crippen MR) is 100 cm³/mol. The zero-order valence-electron chi connectivity index (χ0n) is 16.3. The first kappa shape index (κ1) is 21.0. The fourth-order valence-electron chi connectivity index (χ4n) is 3.74. The molecular formula is C20H25F2N3O4. The van der Waals surface area contributed by atoms with Crippen LogP contribution >= 0.6 is 0 Å². The van der Waals surface area contributed by atoms with Gasteiger partial charge in [0.15, 0.2) is 0 Å². The molecule has 9 heteroatoms. The van der Waals surface area contributed by atoms with E-state index in [9.17, 15) is 23.2 Å². The van der Waals surface area contributed by atoms with Gasteiger partial charge in [0, 0.05) is 13.1 Å². The highest BCUT2D eigenvalue weighted by molar-refractivity contribution is 6.09. The van der Waals surface area contributed by atoms with Crippen LogP contribution in [0.4, 0.5) is 13.6 Å². The molecule has 158 valence electrons. The second kappa shape index (κ2) is 8.75. The van der Waals surface area contributed by atoms with Gasteiger partial charge in [0.25, 0.3) is 5.91 Å². The van der Waals surface area contributed by atoms with Gasteiger partial charge in [0.2, 0.25) is 5.91 Å². The molecule has 1 atom stereocenters. The van der Waals surface area contributed by atoms with Crippen LogP contribution in [0.5, 0.6) is 5.75 Å². The molecule has 7 nitrogen and oxygen atoms in total. The first-order valence-electron chi connectivity index (χ1n) is 9.78. The standard InChI is InChI=1S/C20H25F2N3O4/c1-20(14-7-9-15(10-8-14)29-18(21)22)17(27)25(19(28)23-20)13-16(26)24-11-5-3-2-4-6-12-24/h7-10,18H,2-6,11-13H2,1H3,(H,23,28)/t20-/m1/s1. The number of carbonyl (C=O) groups is 3. The minimum Gasteiger partial charge on any atom is -0.435 e. The van der Waals surface area contributed by atoms with Gasteiger partial charge < -0.3 is 15.0 Å². The first-order chi connectivity index (χ1) is 13.8. The van der Waals surface area contributed by atoms with Crippen molar-refractivity contribution in [3.05, 3.63) is 29.8 Å². The van der Waals surface area contributed by atoms with Gasteiger partial charge in [-0.2, -0.15) is 8.78 Å². The van der Waals surface area contributed by atoms with E-state index >= 15 is 0 Å². The number of likely N-dealkylation sites (tertiary alicyclic amines) is 1. The van der Waals surface area contributed by atoms with E-state index in [2.05, 4.69) is 10.1 Å². The van der Waals surface area contributed by atoms with Crippen LogP contribution in [0, 0.1) is 0 Å². The Bertz CT molecular complexity index is 763. The van der Waals surface area contributed by atoms with Gasteiger partial charge in [-0.1, -0.05) is 31.4 Å². The van der Waals surface area contributed by atoms with Gasteiger partial charge in [0.05, 0.1) is 0 Å². The summed E-state index contributed by atoms with van der Waals surface area (Å²) in [6, 6.07) is 4.85. The number of amides is 4. The van der Waals surface area contributed by atoms with Crippen molar-refractivity contribution in [1.29, 1.82) is 0 Å². The summed E-state index contributed by atoms with van der Waals surface area (Å²) in [6.45, 7) is -0.477. The number of nitrogens with one attached hydrogen (secondary N) is 1. The van der Waals surface area contributed by atoms with Gasteiger partial charge in [-0.25, -0.2) is 4.79 Å². The van der Waals surface area contributed by atoms with Crippen molar-refractivity contribution in [2.75, 3.05) is 19.6 Å². The van der Waals surface area contributed by atoms with Crippen molar-refractivity contribution in [1.82, 2.24) is 15.1 Å². The van der Waals surface area contributed by atoms with E-state index in [1.165, 1.54) is 31.2 Å². The number of urea groups is 1. The number of nitrogens with zero attached hydrogens (tertiary/aromatic N) is 2. The van der Waals surface area contributed by atoms with Gasteiger partial charge in [0.1, 0.15) is 17.8 Å². The van der Waals surface area contributed by atoms with Crippen molar-refractivity contribution in [3.63, 3.8) is 0 Å². The van der Waals surface area contributed by atoms with Crippen molar-refractivity contribution in [3.8, 4) is 5.75 Å². The highest BCUT2D eigenvalue weighted by atomic mass is 19.3. The number of hydrogen-bond donors (Lipinski definition) is 1. The van der Waals surface area contributed by atoms with E-state index in [-0.39, 0.29) is 18.2 Å². The van der Waals surface area contributed by atoms with Crippen molar-refractivity contribution in [2.24, 2.45) is 0 Å². The lowest BCUT2D eigenvalue weighted by atomic mass is 9.92. The molecule has 1 aromatic rings. The Morgan fingerprint density at radius 3 is 2.28 bits per heavy atom. The van der Waals surface area contributed by atoms with Gasteiger partial charge in [-0.3, -0.25) is 14.5 Å². The molecule has 0 saturated carbocycles. The number of rotatable bonds is 5. The molecule has 2 saturated heterocycles. The third kappa shape index (κ3) is 4.65. The van der Waals surface area contributed by atoms with Crippen molar-refractivity contribution in [2.45, 2.75) is 51.2 Å². The lowest BCUT2D eigenvalue weighted by molar-refractivity contribution is -0.139. The quantitative estimate of drug-likeness (QED) is 0.759. The fraction of sp³-hybridized carbons (Fsp3) is 0.550. The Hall–Kier alpha value is -2.71. The molecule has 0 radical (unpaired) electrons. The number of ether oxygens (including phenoxy) is 1. The summed E-state index contributed by atoms with van der Waals surface area (Å²) in [5.74, 6) is -0.848. The monoisotopic (exact) mass is 409 g/mol. The average molecular weight is 409 g/mol. The molecule has 2 aliphatic heterocycles. The Kier molecular flexibility index (Phi) is 6.34. The second-order valence-corrected chi connectivity index (χ2v) is 7.50. The number of halogens is 2. The highest BCUT2D eigenvalue weighted by Crippen LogP contribution is 2.30. The summed E-state index contributed by atoms with van der Waals surface area (Å²) in [5.41, 5.74) is -0.963. The lowest BCUT2D eigenvalue weighted by Crippen LogP contribution is -2.45. The molecule has 0 spiro atoms. The van der Waals surface area contributed by atoms with Gasteiger partial charge in [-0.15, -0.1) is 0 Å². The van der Waals surface area contributed by atoms with Gasteiger partial charge >= 0.3 is 12.6 Å². The van der Waals surface area contributed by atoms with E-state index in [4.69, 9.17) is 0 Å². The maximum atomic E-state index is 13.0. The summed E-state index contributed by atoms with van der Waals surface area (Å²) < 4.78 is 28.9. The third-order valence-electron chi connectivity index (χ3n) is 5.43. The van der Waals surface area contributed by atoms with Crippen LogP contribution in [0.1, 0.15) is 44.6 Å². The Morgan fingerprint density at radius 1 is 1.10 bits per heavy atom. The number of benzene rings is 1. The molecule has 3 rings (SSSR count). The summed E-state index contributed by atoms with van der Waals surface area (Å²) in [4.78, 5) is 40.7. The molecule has 4 amide bonds. The Balaban J connectivity index is 1.70. The van der Waals surface area contributed by atoms with Crippen LogP contribution in [0.25, 0.3) is 0 Å². The molecule has 2 fully saturated rings. The molecule has 0 aromatic heterocycles. The van der Waals surface area contributed by atoms with Crippen molar-refractivity contribution < 1.29 is 27.9 Å². The summed E-state index contributed by atoms with van der Waals surface area (Å²) >= 11 is 0. The molecule has 2 heterocycles. The zero-order valence-corrected chi connectivity index (χ0v) is 16.3. The summed E-state index contributed by atoms with van der Waals surface area (Å²) in [5, 5.41) is 2.62. The predicted octanol–water partition coefficient (Wildman–Crippen LogP) is 2.85. The van der Waals surface area contributed by atoms with Crippen molar-refractivity contribution >= 4 is 17.8 Å². The van der Waals surface area contributed by atoms with Crippen LogP contribution in [0.2, 0.25) is 0 Å². The average Bonchev–Trinajstić information content (AvgIpc) is 2.85. The maximum absolute atomic E-state index is 13.0. The molecule has 1 N–H and O–H groups in total. The van der Waals surface area contributed by atoms with Crippen LogP contribution < -0.4 is 10.1 Å². The molecule has 0 bridgehead atoms. The molecule has 1 aromatic carbocycles. The molecule has 0 aliphatic carbocycles. The van der Waals surface area contributed by atoms with Gasteiger partial charge in [-0.05, 0) is 37.5 Å². The Morgan fingerprint density at radius 2 is 1.69 bits per heavy atom. The fourth-order valence-corrected chi connectivity index (χ4v) is 3.74. The second-order valence-electron chi connectivity index (χ2n) is 7.50. The molecule has 2 aliphatic rings. The van der Waals surface area contributed by atoms with Crippen LogP contribution in [0.15, 0.2) is 24.3 Å². The largest absolute Gasteiger partial charge is 0.435 e. The number of hydrogen-bond acceptors (Lipinski definition) is 4. The first-order valence-corrected chi connectivity index (χ1v) is 9.78. The topological polar surface area (TPSA) is 79.0 Å². The van der Waals surface area contributed by atoms with Crippen LogP contribution in [-0.2, 0) is 15.1 Å². The van der Waals surface area contributed by atoms with E-state index in [0.29, 0.717) is 18.7 Å². The van der Waals surface area contributed by atoms with E-state index in [1.807, 2.05) is 0 Å². The molecule has 0 unspecified atom stereocenters. The number of carbonyl (C=O) groups excluding carboxylic acids is 3. The number of alkyl halides is 2. The maximum Gasteiger partial charge on any atom is 0.387 e. The minimum absolute atomic E-state index is 0.0479. The van der Waals surface area contributed by atoms with E-state index in [0.717, 1.165) is 37.0 Å². The normalized spacial score (nSPS) is 23.0. The molecule has 29 heavy (non-hydrogen) atoms. The summed E-state index contributed by atoms with van der Waals surface area (Å²) in [6.07, 6.45) is 5.12. The SMILES string of the molecule is C[C@]1(c2ccc(OC(F)F)cc2)NC(=O)N(CC(=O)N2CCCCCCC2)C1=O. The van der Waals surface area contributed by atoms with E-state index in [1.54, 1.807) is 4.90 Å². The van der Waals surface area contributed by atoms with E-state index < -0.39 is 24.1 Å². The highest BCUT2D eigenvalue weighted by Gasteiger charge is 2.49. The van der Waals surface area contributed by atoms with Crippen LogP contribution in [0.3, 0.4) is 0 Å². The Labute approximate surface area is 168 Å². The summed E-state index contributed by atoms with van der Waals surface area (Å²) in [7, 11) is 0. The minimum atomic E-state index is -2.95. The zero-order chi connectivity index (χ0) is 21.0. The third-order valence-corrected chi connectivity index (χ3v) is 5.43. The van der Waals surface area contributed by atoms with Crippen LogP contribution in [-0.4, -0.2) is 53.9 Å².